The van der Waals surface area contributed by atoms with Crippen LogP contribution in [0, 0.1) is 0 Å². The third-order valence-electron chi connectivity index (χ3n) is 1.55. The summed E-state index contributed by atoms with van der Waals surface area (Å²) in [6.45, 7) is 4.18. The van der Waals surface area contributed by atoms with Crippen molar-refractivity contribution >= 4 is 11.6 Å². The second-order valence-corrected chi connectivity index (χ2v) is 2.80. The van der Waals surface area contributed by atoms with Crippen LogP contribution in [0.1, 0.15) is 6.42 Å². The molecular weight excluding hydrogens is 174 g/mol. The fraction of sp³-hybridized carbons (Fsp3) is 0.222. The molecule has 1 rings (SSSR count). The van der Waals surface area contributed by atoms with Gasteiger partial charge in [0.05, 0.1) is 0 Å². The average molecular weight is 184 g/mol. The van der Waals surface area contributed by atoms with Crippen molar-refractivity contribution in [2.75, 3.05) is 0 Å². The molecule has 0 unspecified atom stereocenters. The quantitative estimate of drug-likeness (QED) is 0.520. The van der Waals surface area contributed by atoms with Gasteiger partial charge in [0.2, 0.25) is 0 Å². The topological polar surface area (TPSA) is 22.0 Å². The summed E-state index contributed by atoms with van der Waals surface area (Å²) in [7, 11) is 0. The maximum absolute atomic E-state index is 11.2. The van der Waals surface area contributed by atoms with Gasteiger partial charge in [-0.25, -0.2) is 0 Å². The van der Waals surface area contributed by atoms with E-state index in [0.717, 1.165) is 6.42 Å². The number of hydrogen-bond donors (Lipinski definition) is 0. The van der Waals surface area contributed by atoms with E-state index in [9.17, 15) is 4.79 Å². The minimum atomic E-state index is -0.0654. The average Bonchev–Trinajstić information content (AvgIpc) is 2.04. The maximum Gasteiger partial charge on any atom is 0.251 e. The second kappa shape index (κ2) is 4.12. The summed E-state index contributed by atoms with van der Waals surface area (Å²) in [5, 5.41) is 0.476. The standard InChI is InChI=1S/C9H10ClNO/c1-2-3-7-11-8(10)5-4-6-9(11)12/h2,4-6H,1,3,7H2. The van der Waals surface area contributed by atoms with Gasteiger partial charge < -0.3 is 0 Å². The number of aromatic nitrogens is 1. The fourth-order valence-corrected chi connectivity index (χ4v) is 1.17. The van der Waals surface area contributed by atoms with Crippen LogP contribution in [0.4, 0.5) is 0 Å². The van der Waals surface area contributed by atoms with Gasteiger partial charge in [-0.1, -0.05) is 23.7 Å². The molecule has 0 fully saturated rings. The number of hydrogen-bond acceptors (Lipinski definition) is 1. The zero-order chi connectivity index (χ0) is 8.97. The highest BCUT2D eigenvalue weighted by atomic mass is 35.5. The molecule has 3 heteroatoms. The van der Waals surface area contributed by atoms with Crippen LogP contribution in [0.2, 0.25) is 5.15 Å². The first-order chi connectivity index (χ1) is 5.75. The van der Waals surface area contributed by atoms with E-state index in [1.54, 1.807) is 18.2 Å². The third-order valence-corrected chi connectivity index (χ3v) is 1.88. The minimum Gasteiger partial charge on any atom is -0.299 e. The molecule has 0 aliphatic heterocycles. The van der Waals surface area contributed by atoms with Crippen LogP contribution in [-0.4, -0.2) is 4.57 Å². The van der Waals surface area contributed by atoms with Crippen molar-refractivity contribution < 1.29 is 0 Å². The predicted molar refractivity (Wildman–Crippen MR) is 50.5 cm³/mol. The highest BCUT2D eigenvalue weighted by molar-refractivity contribution is 6.29. The van der Waals surface area contributed by atoms with E-state index in [4.69, 9.17) is 11.6 Å². The number of nitrogens with zero attached hydrogens (tertiary/aromatic N) is 1. The van der Waals surface area contributed by atoms with E-state index >= 15 is 0 Å². The lowest BCUT2D eigenvalue weighted by Gasteiger charge is -2.04. The zero-order valence-electron chi connectivity index (χ0n) is 6.66. The van der Waals surface area contributed by atoms with Gasteiger partial charge in [-0.2, -0.15) is 0 Å². The van der Waals surface area contributed by atoms with E-state index in [-0.39, 0.29) is 5.56 Å². The largest absolute Gasteiger partial charge is 0.299 e. The molecule has 0 amide bonds. The molecule has 1 heterocycles. The van der Waals surface area contributed by atoms with Crippen LogP contribution in [-0.2, 0) is 6.54 Å². The molecule has 2 nitrogen and oxygen atoms in total. The molecular formula is C9H10ClNO. The molecule has 0 radical (unpaired) electrons. The Hall–Kier alpha value is -1.02. The molecule has 0 aliphatic rings. The molecule has 0 saturated heterocycles. The Balaban J connectivity index is 2.96. The Morgan fingerprint density at radius 1 is 1.58 bits per heavy atom. The van der Waals surface area contributed by atoms with E-state index in [1.165, 1.54) is 10.6 Å². The van der Waals surface area contributed by atoms with Crippen LogP contribution < -0.4 is 5.56 Å². The van der Waals surface area contributed by atoms with E-state index in [0.29, 0.717) is 11.7 Å². The van der Waals surface area contributed by atoms with Gasteiger partial charge in [0.1, 0.15) is 5.15 Å². The molecule has 0 spiro atoms. The van der Waals surface area contributed by atoms with Gasteiger partial charge in [0.25, 0.3) is 5.56 Å². The predicted octanol–water partition coefficient (Wildman–Crippen LogP) is 2.08. The first-order valence-electron chi connectivity index (χ1n) is 3.72. The first kappa shape index (κ1) is 9.07. The molecule has 0 saturated carbocycles. The molecule has 12 heavy (non-hydrogen) atoms. The van der Waals surface area contributed by atoms with Crippen molar-refractivity contribution in [1.82, 2.24) is 4.57 Å². The summed E-state index contributed by atoms with van der Waals surface area (Å²) < 4.78 is 1.52. The third kappa shape index (κ3) is 1.98. The monoisotopic (exact) mass is 183 g/mol. The van der Waals surface area contributed by atoms with Gasteiger partial charge >= 0.3 is 0 Å². The first-order valence-corrected chi connectivity index (χ1v) is 4.10. The van der Waals surface area contributed by atoms with Gasteiger partial charge in [-0.3, -0.25) is 9.36 Å². The van der Waals surface area contributed by atoms with Crippen molar-refractivity contribution in [2.24, 2.45) is 0 Å². The fourth-order valence-electron chi connectivity index (χ4n) is 0.932. The lowest BCUT2D eigenvalue weighted by Crippen LogP contribution is -2.18. The van der Waals surface area contributed by atoms with Crippen molar-refractivity contribution in [1.29, 1.82) is 0 Å². The lowest BCUT2D eigenvalue weighted by molar-refractivity contribution is 0.683. The Morgan fingerprint density at radius 3 is 2.92 bits per heavy atom. The van der Waals surface area contributed by atoms with E-state index < -0.39 is 0 Å². The normalized spacial score (nSPS) is 9.75. The van der Waals surface area contributed by atoms with Gasteiger partial charge in [0.15, 0.2) is 0 Å². The van der Waals surface area contributed by atoms with Gasteiger partial charge in [0, 0.05) is 12.6 Å². The summed E-state index contributed by atoms with van der Waals surface area (Å²) in [6, 6.07) is 4.84. The molecule has 0 bridgehead atoms. The summed E-state index contributed by atoms with van der Waals surface area (Å²) in [4.78, 5) is 11.2. The van der Waals surface area contributed by atoms with Gasteiger partial charge in [-0.15, -0.1) is 6.58 Å². The molecule has 0 N–H and O–H groups in total. The van der Waals surface area contributed by atoms with Crippen LogP contribution in [0.5, 0.6) is 0 Å². The molecule has 64 valence electrons. The van der Waals surface area contributed by atoms with Gasteiger partial charge in [-0.05, 0) is 12.5 Å². The maximum atomic E-state index is 11.2. The zero-order valence-corrected chi connectivity index (χ0v) is 7.42. The Morgan fingerprint density at radius 2 is 2.33 bits per heavy atom. The summed E-state index contributed by atoms with van der Waals surface area (Å²) >= 11 is 5.79. The highest BCUT2D eigenvalue weighted by Gasteiger charge is 1.97. The van der Waals surface area contributed by atoms with Crippen LogP contribution in [0.3, 0.4) is 0 Å². The minimum absolute atomic E-state index is 0.0654. The van der Waals surface area contributed by atoms with Crippen molar-refractivity contribution in [3.63, 3.8) is 0 Å². The van der Waals surface area contributed by atoms with Crippen LogP contribution >= 0.6 is 11.6 Å². The van der Waals surface area contributed by atoms with E-state index in [2.05, 4.69) is 6.58 Å². The summed E-state index contributed by atoms with van der Waals surface area (Å²) in [5.41, 5.74) is -0.0654. The van der Waals surface area contributed by atoms with E-state index in [1.807, 2.05) is 0 Å². The Labute approximate surface area is 76.1 Å². The van der Waals surface area contributed by atoms with Crippen molar-refractivity contribution in [2.45, 2.75) is 13.0 Å². The van der Waals surface area contributed by atoms with Crippen molar-refractivity contribution in [3.8, 4) is 0 Å². The molecule has 1 aromatic rings. The number of rotatable bonds is 3. The van der Waals surface area contributed by atoms with Crippen LogP contribution in [0.25, 0.3) is 0 Å². The summed E-state index contributed by atoms with van der Waals surface area (Å²) in [5.74, 6) is 0. The van der Waals surface area contributed by atoms with Crippen molar-refractivity contribution in [3.05, 3.63) is 46.4 Å². The smallest absolute Gasteiger partial charge is 0.251 e. The SMILES string of the molecule is C=CCCn1c(Cl)cccc1=O. The Bertz CT molecular complexity index is 330. The number of pyridine rings is 1. The molecule has 0 aliphatic carbocycles. The highest BCUT2D eigenvalue weighted by Crippen LogP contribution is 2.04. The second-order valence-electron chi connectivity index (χ2n) is 2.42. The summed E-state index contributed by atoms with van der Waals surface area (Å²) in [6.07, 6.45) is 2.51. The number of allylic oxidation sites excluding steroid dienone is 1. The molecule has 0 aromatic carbocycles. The molecule has 0 atom stereocenters. The Kier molecular flexibility index (Phi) is 3.11. The molecule has 1 aromatic heterocycles. The lowest BCUT2D eigenvalue weighted by atomic mass is 10.4. The van der Waals surface area contributed by atoms with Crippen LogP contribution in [0.15, 0.2) is 35.6 Å². The number of halogens is 1.